The fourth-order valence-electron chi connectivity index (χ4n) is 1.52. The van der Waals surface area contributed by atoms with Gasteiger partial charge in [0.25, 0.3) is 10.0 Å². The van der Waals surface area contributed by atoms with E-state index < -0.39 is 10.0 Å². The van der Waals surface area contributed by atoms with Crippen LogP contribution in [0.5, 0.6) is 5.75 Å². The van der Waals surface area contributed by atoms with E-state index in [0.29, 0.717) is 17.1 Å². The first-order valence-corrected chi connectivity index (χ1v) is 7.02. The molecule has 0 radical (unpaired) electrons. The van der Waals surface area contributed by atoms with Crippen molar-refractivity contribution in [3.05, 3.63) is 48.5 Å². The summed E-state index contributed by atoms with van der Waals surface area (Å²) in [6.45, 7) is 0. The maximum absolute atomic E-state index is 12.1. The third-order valence-electron chi connectivity index (χ3n) is 2.53. The van der Waals surface area contributed by atoms with Gasteiger partial charge in [0.1, 0.15) is 5.75 Å². The molecule has 2 rings (SSSR count). The predicted molar refractivity (Wildman–Crippen MR) is 74.7 cm³/mol. The summed E-state index contributed by atoms with van der Waals surface area (Å²) >= 11 is 0. The highest BCUT2D eigenvalue weighted by Gasteiger charge is 2.13. The van der Waals surface area contributed by atoms with Crippen LogP contribution in [0.2, 0.25) is 0 Å². The van der Waals surface area contributed by atoms with Gasteiger partial charge in [0.15, 0.2) is 0 Å². The van der Waals surface area contributed by atoms with Gasteiger partial charge in [0.2, 0.25) is 0 Å². The second kappa shape index (κ2) is 6.49. The van der Waals surface area contributed by atoms with Crippen molar-refractivity contribution in [1.82, 2.24) is 0 Å². The van der Waals surface area contributed by atoms with Gasteiger partial charge in [-0.05, 0) is 48.5 Å². The van der Waals surface area contributed by atoms with Crippen LogP contribution in [-0.4, -0.2) is 15.5 Å². The van der Waals surface area contributed by atoms with E-state index in [2.05, 4.69) is 4.72 Å². The number of methoxy groups -OCH3 is 1. The van der Waals surface area contributed by atoms with Crippen LogP contribution >= 0.6 is 0 Å². The normalized spacial score (nSPS) is 10.4. The maximum Gasteiger partial charge on any atom is 0.261 e. The van der Waals surface area contributed by atoms with E-state index in [0.717, 1.165) is 0 Å². The molecule has 0 aromatic heterocycles. The number of hydrogen-bond donors (Lipinski definition) is 2. The Balaban J connectivity index is 0.00000200. The summed E-state index contributed by atoms with van der Waals surface area (Å²) in [6.07, 6.45) is 0. The topological polar surface area (TPSA) is 81.4 Å². The van der Waals surface area contributed by atoms with Crippen molar-refractivity contribution in [3.8, 4) is 5.75 Å². The number of rotatable bonds is 4. The lowest BCUT2D eigenvalue weighted by Gasteiger charge is -2.08. The lowest BCUT2D eigenvalue weighted by Crippen LogP contribution is -3.00. The summed E-state index contributed by atoms with van der Waals surface area (Å²) in [5, 5.41) is 0. The molecule has 0 spiro atoms. The second-order valence-electron chi connectivity index (χ2n) is 3.90. The van der Waals surface area contributed by atoms with Gasteiger partial charge in [0, 0.05) is 11.4 Å². The Morgan fingerprint density at radius 2 is 1.55 bits per heavy atom. The zero-order valence-electron chi connectivity index (χ0n) is 10.7. The number of sulfonamides is 1. The molecule has 0 aliphatic rings. The molecule has 3 N–H and O–H groups in total. The van der Waals surface area contributed by atoms with E-state index in [1.54, 1.807) is 43.5 Å². The zero-order chi connectivity index (χ0) is 13.9. The fraction of sp³-hybridized carbons (Fsp3) is 0.0769. The Bertz CT molecular complexity index is 655. The van der Waals surface area contributed by atoms with Gasteiger partial charge in [-0.15, -0.1) is 0 Å². The monoisotopic (exact) mass is 313 g/mol. The Labute approximate surface area is 124 Å². The van der Waals surface area contributed by atoms with Gasteiger partial charge in [-0.2, -0.15) is 0 Å². The molecule has 7 heteroatoms. The Morgan fingerprint density at radius 3 is 2.05 bits per heavy atom. The van der Waals surface area contributed by atoms with Crippen LogP contribution in [0.3, 0.4) is 0 Å². The van der Waals surface area contributed by atoms with E-state index >= 15 is 0 Å². The molecular weight excluding hydrogens is 300 g/mol. The fourth-order valence-corrected chi connectivity index (χ4v) is 2.58. The molecular formula is C13H14ClN2O3S-. The smallest absolute Gasteiger partial charge is 0.261 e. The molecule has 0 atom stereocenters. The molecule has 0 amide bonds. The Hall–Kier alpha value is -1.92. The molecule has 0 saturated carbocycles. The molecule has 108 valence electrons. The van der Waals surface area contributed by atoms with Crippen LogP contribution in [0.15, 0.2) is 53.4 Å². The number of ether oxygens (including phenoxy) is 1. The SMILES string of the molecule is COc1ccc(NS(=O)(=O)c2ccc(N)cc2)cc1.[Cl-]. The Kier molecular flexibility index (Phi) is 5.24. The lowest BCUT2D eigenvalue weighted by molar-refractivity contribution is -0.00000658. The van der Waals surface area contributed by atoms with Crippen molar-refractivity contribution in [2.24, 2.45) is 0 Å². The quantitative estimate of drug-likeness (QED) is 0.716. The molecule has 2 aromatic rings. The van der Waals surface area contributed by atoms with Crippen molar-refractivity contribution in [2.75, 3.05) is 17.6 Å². The number of nitrogens with one attached hydrogen (secondary N) is 1. The minimum absolute atomic E-state index is 0. The first-order chi connectivity index (χ1) is 9.01. The van der Waals surface area contributed by atoms with Crippen LogP contribution in [0.1, 0.15) is 0 Å². The molecule has 20 heavy (non-hydrogen) atoms. The summed E-state index contributed by atoms with van der Waals surface area (Å²) < 4.78 is 31.7. The molecule has 0 fully saturated rings. The van der Waals surface area contributed by atoms with E-state index in [1.165, 1.54) is 12.1 Å². The van der Waals surface area contributed by atoms with Gasteiger partial charge >= 0.3 is 0 Å². The van der Waals surface area contributed by atoms with Crippen molar-refractivity contribution in [3.63, 3.8) is 0 Å². The van der Waals surface area contributed by atoms with Gasteiger partial charge in [-0.3, -0.25) is 4.72 Å². The average molecular weight is 314 g/mol. The van der Waals surface area contributed by atoms with E-state index in [9.17, 15) is 8.42 Å². The summed E-state index contributed by atoms with van der Waals surface area (Å²) in [7, 11) is -2.05. The molecule has 0 saturated heterocycles. The second-order valence-corrected chi connectivity index (χ2v) is 5.59. The third kappa shape index (κ3) is 3.79. The summed E-state index contributed by atoms with van der Waals surface area (Å²) in [5.41, 5.74) is 6.51. The average Bonchev–Trinajstić information content (AvgIpc) is 2.40. The van der Waals surface area contributed by atoms with Crippen LogP contribution in [0, 0.1) is 0 Å². The van der Waals surface area contributed by atoms with Crippen LogP contribution in [0.4, 0.5) is 11.4 Å². The minimum Gasteiger partial charge on any atom is -1.00 e. The number of halogens is 1. The number of nitrogen functional groups attached to an aromatic ring is 1. The lowest BCUT2D eigenvalue weighted by atomic mass is 10.3. The molecule has 0 aliphatic heterocycles. The summed E-state index contributed by atoms with van der Waals surface area (Å²) in [4.78, 5) is 0.164. The van der Waals surface area contributed by atoms with Crippen molar-refractivity contribution in [2.45, 2.75) is 4.90 Å². The largest absolute Gasteiger partial charge is 1.00 e. The molecule has 2 aromatic carbocycles. The van der Waals surface area contributed by atoms with E-state index in [-0.39, 0.29) is 17.3 Å². The van der Waals surface area contributed by atoms with Crippen LogP contribution in [-0.2, 0) is 10.0 Å². The van der Waals surface area contributed by atoms with Gasteiger partial charge < -0.3 is 22.9 Å². The summed E-state index contributed by atoms with van der Waals surface area (Å²) in [6, 6.07) is 12.6. The van der Waals surface area contributed by atoms with Gasteiger partial charge in [0.05, 0.1) is 12.0 Å². The van der Waals surface area contributed by atoms with E-state index in [1.807, 2.05) is 0 Å². The number of benzene rings is 2. The van der Waals surface area contributed by atoms with Gasteiger partial charge in [-0.25, -0.2) is 8.42 Å². The van der Waals surface area contributed by atoms with Crippen LogP contribution in [0.25, 0.3) is 0 Å². The number of nitrogens with two attached hydrogens (primary N) is 1. The minimum atomic E-state index is -3.60. The Morgan fingerprint density at radius 1 is 1.00 bits per heavy atom. The predicted octanol–water partition coefficient (Wildman–Crippen LogP) is -0.918. The highest BCUT2D eigenvalue weighted by molar-refractivity contribution is 7.92. The highest BCUT2D eigenvalue weighted by atomic mass is 35.5. The molecule has 0 unspecified atom stereocenters. The first-order valence-electron chi connectivity index (χ1n) is 5.54. The molecule has 5 nitrogen and oxygen atoms in total. The first kappa shape index (κ1) is 16.1. The summed E-state index contributed by atoms with van der Waals surface area (Å²) in [5.74, 6) is 0.662. The van der Waals surface area contributed by atoms with Crippen molar-refractivity contribution >= 4 is 21.4 Å². The number of hydrogen-bond acceptors (Lipinski definition) is 4. The van der Waals surface area contributed by atoms with Crippen molar-refractivity contribution < 1.29 is 25.6 Å². The maximum atomic E-state index is 12.1. The zero-order valence-corrected chi connectivity index (χ0v) is 12.3. The van der Waals surface area contributed by atoms with E-state index in [4.69, 9.17) is 10.5 Å². The van der Waals surface area contributed by atoms with Gasteiger partial charge in [-0.1, -0.05) is 0 Å². The molecule has 0 heterocycles. The third-order valence-corrected chi connectivity index (χ3v) is 3.93. The van der Waals surface area contributed by atoms with Crippen molar-refractivity contribution in [1.29, 1.82) is 0 Å². The highest BCUT2D eigenvalue weighted by Crippen LogP contribution is 2.19. The standard InChI is InChI=1S/C13H14N2O3S.ClH/c1-18-12-6-4-11(5-7-12)15-19(16,17)13-8-2-10(14)3-9-13;/h2-9,15H,14H2,1H3;1H/p-1. The molecule has 0 aliphatic carbocycles. The van der Waals surface area contributed by atoms with Crippen LogP contribution < -0.4 is 27.6 Å². The number of anilines is 2. The molecule has 0 bridgehead atoms.